The Hall–Kier alpha value is -1.75. The van der Waals surface area contributed by atoms with Gasteiger partial charge in [-0.25, -0.2) is 4.68 Å². The van der Waals surface area contributed by atoms with E-state index in [1.807, 2.05) is 37.4 Å². The molecule has 0 radical (unpaired) electrons. The van der Waals surface area contributed by atoms with Crippen LogP contribution in [-0.2, 0) is 13.0 Å². The highest BCUT2D eigenvalue weighted by molar-refractivity contribution is 6.17. The highest BCUT2D eigenvalue weighted by atomic mass is 35.5. The van der Waals surface area contributed by atoms with Crippen molar-refractivity contribution in [1.82, 2.24) is 15.0 Å². The molecule has 2 aromatic rings. The molecule has 0 unspecified atom stereocenters. The minimum absolute atomic E-state index is 0.516. The standard InChI is InChI=1S/C15H20ClN3O2/c1-2-20-14-7-3-4-8-15(14)21-11-10-19-12-13(17-18-19)6-5-9-16/h3-4,7-8,12H,2,5-6,9-11H2,1H3. The molecule has 0 aliphatic rings. The molecule has 0 bridgehead atoms. The maximum absolute atomic E-state index is 5.75. The summed E-state index contributed by atoms with van der Waals surface area (Å²) >= 11 is 5.66. The largest absolute Gasteiger partial charge is 0.490 e. The number of benzene rings is 1. The number of alkyl halides is 1. The molecule has 0 fully saturated rings. The van der Waals surface area contributed by atoms with E-state index in [1.54, 1.807) is 4.68 Å². The van der Waals surface area contributed by atoms with Crippen molar-refractivity contribution in [3.05, 3.63) is 36.2 Å². The van der Waals surface area contributed by atoms with Crippen molar-refractivity contribution in [3.63, 3.8) is 0 Å². The lowest BCUT2D eigenvalue weighted by molar-refractivity contribution is 0.261. The van der Waals surface area contributed by atoms with Gasteiger partial charge < -0.3 is 9.47 Å². The van der Waals surface area contributed by atoms with Crippen LogP contribution in [0.15, 0.2) is 30.5 Å². The quantitative estimate of drug-likeness (QED) is 0.668. The molecule has 1 aromatic heterocycles. The summed E-state index contributed by atoms with van der Waals surface area (Å²) in [4.78, 5) is 0. The SMILES string of the molecule is CCOc1ccccc1OCCn1cc(CCCCl)nn1. The Morgan fingerprint density at radius 1 is 1.19 bits per heavy atom. The van der Waals surface area contributed by atoms with Crippen LogP contribution in [0.2, 0.25) is 0 Å². The van der Waals surface area contributed by atoms with Gasteiger partial charge in [0.25, 0.3) is 0 Å². The first-order chi connectivity index (χ1) is 10.3. The van der Waals surface area contributed by atoms with Gasteiger partial charge >= 0.3 is 0 Å². The average Bonchev–Trinajstić information content (AvgIpc) is 2.95. The molecule has 21 heavy (non-hydrogen) atoms. The second-order valence-corrected chi connectivity index (χ2v) is 4.87. The predicted octanol–water partition coefficient (Wildman–Crippen LogP) is 2.93. The van der Waals surface area contributed by atoms with Crippen LogP contribution in [-0.4, -0.2) is 34.1 Å². The van der Waals surface area contributed by atoms with E-state index in [9.17, 15) is 0 Å². The minimum Gasteiger partial charge on any atom is -0.490 e. The first kappa shape index (κ1) is 15.6. The Kier molecular flexibility index (Phi) is 6.34. The van der Waals surface area contributed by atoms with E-state index in [-0.39, 0.29) is 0 Å². The summed E-state index contributed by atoms with van der Waals surface area (Å²) < 4.78 is 13.0. The van der Waals surface area contributed by atoms with E-state index in [2.05, 4.69) is 10.3 Å². The molecule has 0 saturated heterocycles. The number of nitrogens with zero attached hydrogens (tertiary/aromatic N) is 3. The maximum atomic E-state index is 5.75. The zero-order chi connectivity index (χ0) is 14.9. The molecule has 0 N–H and O–H groups in total. The van der Waals surface area contributed by atoms with Crippen LogP contribution >= 0.6 is 11.6 Å². The third-order valence-electron chi connectivity index (χ3n) is 2.88. The van der Waals surface area contributed by atoms with Crippen molar-refractivity contribution in [1.29, 1.82) is 0 Å². The van der Waals surface area contributed by atoms with Crippen LogP contribution in [0.25, 0.3) is 0 Å². The molecule has 0 spiro atoms. The Balaban J connectivity index is 1.82. The lowest BCUT2D eigenvalue weighted by Gasteiger charge is -2.11. The zero-order valence-corrected chi connectivity index (χ0v) is 12.9. The lowest BCUT2D eigenvalue weighted by Crippen LogP contribution is -2.09. The molecule has 1 heterocycles. The monoisotopic (exact) mass is 309 g/mol. The van der Waals surface area contributed by atoms with Crippen molar-refractivity contribution in [2.24, 2.45) is 0 Å². The number of hydrogen-bond acceptors (Lipinski definition) is 4. The third kappa shape index (κ3) is 4.93. The average molecular weight is 310 g/mol. The molecule has 1 aromatic carbocycles. The Morgan fingerprint density at radius 2 is 1.95 bits per heavy atom. The van der Waals surface area contributed by atoms with Gasteiger partial charge in [-0.1, -0.05) is 17.3 Å². The van der Waals surface area contributed by atoms with Crippen LogP contribution in [0.3, 0.4) is 0 Å². The van der Waals surface area contributed by atoms with Crippen molar-refractivity contribution in [2.75, 3.05) is 19.1 Å². The Bertz CT molecular complexity index is 545. The highest BCUT2D eigenvalue weighted by Gasteiger charge is 2.04. The van der Waals surface area contributed by atoms with E-state index >= 15 is 0 Å². The fourth-order valence-corrected chi connectivity index (χ4v) is 2.04. The molecule has 0 atom stereocenters. The van der Waals surface area contributed by atoms with E-state index in [0.717, 1.165) is 30.0 Å². The minimum atomic E-state index is 0.516. The van der Waals surface area contributed by atoms with Crippen molar-refractivity contribution in [3.8, 4) is 11.5 Å². The molecule has 0 aliphatic heterocycles. The van der Waals surface area contributed by atoms with Crippen molar-refractivity contribution >= 4 is 11.6 Å². The number of ether oxygens (including phenoxy) is 2. The van der Waals surface area contributed by atoms with E-state index in [0.29, 0.717) is 25.6 Å². The number of aromatic nitrogens is 3. The summed E-state index contributed by atoms with van der Waals surface area (Å²) in [6.07, 6.45) is 3.71. The van der Waals surface area contributed by atoms with E-state index in [1.165, 1.54) is 0 Å². The van der Waals surface area contributed by atoms with Gasteiger partial charge in [-0.2, -0.15) is 0 Å². The van der Waals surface area contributed by atoms with Gasteiger partial charge in [0.05, 0.1) is 18.8 Å². The second-order valence-electron chi connectivity index (χ2n) is 4.49. The smallest absolute Gasteiger partial charge is 0.161 e. The number of rotatable bonds is 9. The molecule has 5 nitrogen and oxygen atoms in total. The normalized spacial score (nSPS) is 10.6. The van der Waals surface area contributed by atoms with Gasteiger partial charge in [-0.3, -0.25) is 0 Å². The second kappa shape index (κ2) is 8.52. The van der Waals surface area contributed by atoms with Crippen molar-refractivity contribution in [2.45, 2.75) is 26.3 Å². The molecule has 114 valence electrons. The molecular formula is C15H20ClN3O2. The van der Waals surface area contributed by atoms with E-state index in [4.69, 9.17) is 21.1 Å². The van der Waals surface area contributed by atoms with Gasteiger partial charge in [0.1, 0.15) is 6.61 Å². The summed E-state index contributed by atoms with van der Waals surface area (Å²) in [6, 6.07) is 7.66. The van der Waals surface area contributed by atoms with Crippen LogP contribution < -0.4 is 9.47 Å². The lowest BCUT2D eigenvalue weighted by atomic mass is 10.3. The fraction of sp³-hybridized carbons (Fsp3) is 0.467. The summed E-state index contributed by atoms with van der Waals surface area (Å²) in [7, 11) is 0. The predicted molar refractivity (Wildman–Crippen MR) is 82.2 cm³/mol. The van der Waals surface area contributed by atoms with Crippen molar-refractivity contribution < 1.29 is 9.47 Å². The van der Waals surface area contributed by atoms with Gasteiger partial charge in [0.2, 0.25) is 0 Å². The molecule has 0 saturated carbocycles. The number of hydrogen-bond donors (Lipinski definition) is 0. The van der Waals surface area contributed by atoms with Gasteiger partial charge in [0.15, 0.2) is 11.5 Å². The topological polar surface area (TPSA) is 49.2 Å². The Labute approximate surface area is 129 Å². The molecule has 0 amide bonds. The molecular weight excluding hydrogens is 290 g/mol. The summed E-state index contributed by atoms with van der Waals surface area (Å²) in [6.45, 7) is 3.73. The van der Waals surface area contributed by atoms with Gasteiger partial charge in [-0.15, -0.1) is 16.7 Å². The first-order valence-electron chi connectivity index (χ1n) is 7.13. The van der Waals surface area contributed by atoms with Gasteiger partial charge in [0, 0.05) is 12.1 Å². The van der Waals surface area contributed by atoms with E-state index < -0.39 is 0 Å². The highest BCUT2D eigenvalue weighted by Crippen LogP contribution is 2.26. The Morgan fingerprint density at radius 3 is 2.67 bits per heavy atom. The summed E-state index contributed by atoms with van der Waals surface area (Å²) in [5.41, 5.74) is 0.963. The maximum Gasteiger partial charge on any atom is 0.161 e. The third-order valence-corrected chi connectivity index (χ3v) is 3.15. The molecule has 6 heteroatoms. The summed E-state index contributed by atoms with van der Waals surface area (Å²) in [5, 5.41) is 8.17. The number of para-hydroxylation sites is 2. The van der Waals surface area contributed by atoms with Crippen LogP contribution in [0.5, 0.6) is 11.5 Å². The number of aryl methyl sites for hydroxylation is 1. The number of halogens is 1. The first-order valence-corrected chi connectivity index (χ1v) is 7.66. The van der Waals surface area contributed by atoms with Crippen LogP contribution in [0, 0.1) is 0 Å². The van der Waals surface area contributed by atoms with Crippen LogP contribution in [0.4, 0.5) is 0 Å². The fourth-order valence-electron chi connectivity index (χ4n) is 1.90. The van der Waals surface area contributed by atoms with Crippen LogP contribution in [0.1, 0.15) is 19.0 Å². The zero-order valence-electron chi connectivity index (χ0n) is 12.2. The summed E-state index contributed by atoms with van der Waals surface area (Å²) in [5.74, 6) is 2.16. The van der Waals surface area contributed by atoms with Gasteiger partial charge in [-0.05, 0) is 31.9 Å². The molecule has 0 aliphatic carbocycles. The molecule has 2 rings (SSSR count).